The van der Waals surface area contributed by atoms with Crippen LogP contribution < -0.4 is 4.74 Å². The molecule has 146 valence electrons. The van der Waals surface area contributed by atoms with Crippen molar-refractivity contribution in [2.24, 2.45) is 0 Å². The van der Waals surface area contributed by atoms with Crippen LogP contribution in [-0.4, -0.2) is 60.3 Å². The summed E-state index contributed by atoms with van der Waals surface area (Å²) in [5.74, 6) is 0.863. The van der Waals surface area contributed by atoms with Crippen LogP contribution in [0.3, 0.4) is 0 Å². The fourth-order valence-corrected chi connectivity index (χ4v) is 3.50. The van der Waals surface area contributed by atoms with Crippen molar-refractivity contribution >= 4 is 11.6 Å². The van der Waals surface area contributed by atoms with Crippen LogP contribution in [0.1, 0.15) is 16.7 Å². The van der Waals surface area contributed by atoms with E-state index in [4.69, 9.17) is 16.3 Å². The summed E-state index contributed by atoms with van der Waals surface area (Å²) in [5.41, 5.74) is 3.56. The Hall–Kier alpha value is -1.59. The molecule has 4 nitrogen and oxygen atoms in total. The summed E-state index contributed by atoms with van der Waals surface area (Å²) < 4.78 is 5.83. The Balaban J connectivity index is 1.39. The molecule has 0 saturated carbocycles. The standard InChI is InChI=1S/C22H29ClN2O2/c1-17-3-4-18(2)22(13-17)27-16-21(26)15-25-11-9-24(10-12-25)14-19-5-7-20(23)8-6-19/h3-8,13,21,26H,9-12,14-16H2,1-2H3/t21-/m1/s1. The number of benzene rings is 2. The molecule has 1 fully saturated rings. The van der Waals surface area contributed by atoms with E-state index in [0.717, 1.165) is 49.1 Å². The van der Waals surface area contributed by atoms with E-state index in [1.807, 2.05) is 32.0 Å². The Morgan fingerprint density at radius 3 is 2.37 bits per heavy atom. The van der Waals surface area contributed by atoms with Gasteiger partial charge in [-0.3, -0.25) is 9.80 Å². The maximum Gasteiger partial charge on any atom is 0.122 e. The van der Waals surface area contributed by atoms with E-state index in [2.05, 4.69) is 34.1 Å². The topological polar surface area (TPSA) is 35.9 Å². The van der Waals surface area contributed by atoms with Gasteiger partial charge in [0.25, 0.3) is 0 Å². The number of rotatable bonds is 7. The second-order valence-corrected chi connectivity index (χ2v) is 7.87. The smallest absolute Gasteiger partial charge is 0.122 e. The lowest BCUT2D eigenvalue weighted by atomic mass is 10.1. The number of ether oxygens (including phenoxy) is 1. The van der Waals surface area contributed by atoms with Gasteiger partial charge in [-0.25, -0.2) is 0 Å². The normalized spacial score (nSPS) is 17.0. The molecule has 0 unspecified atom stereocenters. The fourth-order valence-electron chi connectivity index (χ4n) is 3.38. The van der Waals surface area contributed by atoms with E-state index >= 15 is 0 Å². The first-order chi connectivity index (χ1) is 13.0. The van der Waals surface area contributed by atoms with Gasteiger partial charge < -0.3 is 9.84 Å². The monoisotopic (exact) mass is 388 g/mol. The molecule has 0 aromatic heterocycles. The van der Waals surface area contributed by atoms with Crippen LogP contribution in [0.15, 0.2) is 42.5 Å². The predicted octanol–water partition coefficient (Wildman–Crippen LogP) is 3.51. The highest BCUT2D eigenvalue weighted by Gasteiger charge is 2.19. The van der Waals surface area contributed by atoms with Gasteiger partial charge in [0, 0.05) is 44.3 Å². The maximum atomic E-state index is 10.4. The minimum atomic E-state index is -0.479. The Bertz CT molecular complexity index is 728. The van der Waals surface area contributed by atoms with Crippen LogP contribution >= 0.6 is 11.6 Å². The molecule has 1 aliphatic heterocycles. The summed E-state index contributed by atoms with van der Waals surface area (Å²) in [4.78, 5) is 4.76. The van der Waals surface area contributed by atoms with Gasteiger partial charge >= 0.3 is 0 Å². The number of aliphatic hydroxyl groups excluding tert-OH is 1. The predicted molar refractivity (Wildman–Crippen MR) is 111 cm³/mol. The van der Waals surface area contributed by atoms with E-state index in [9.17, 15) is 5.11 Å². The molecule has 1 saturated heterocycles. The minimum absolute atomic E-state index is 0.329. The number of nitrogens with zero attached hydrogens (tertiary/aromatic N) is 2. The third-order valence-corrected chi connectivity index (χ3v) is 5.28. The average Bonchev–Trinajstić information content (AvgIpc) is 2.66. The molecule has 0 radical (unpaired) electrons. The van der Waals surface area contributed by atoms with Gasteiger partial charge in [-0.1, -0.05) is 35.9 Å². The molecule has 27 heavy (non-hydrogen) atoms. The third-order valence-electron chi connectivity index (χ3n) is 5.03. The van der Waals surface area contributed by atoms with Gasteiger partial charge in [0.2, 0.25) is 0 Å². The molecule has 2 aromatic carbocycles. The molecule has 1 N–H and O–H groups in total. The van der Waals surface area contributed by atoms with Gasteiger partial charge in [-0.05, 0) is 48.7 Å². The van der Waals surface area contributed by atoms with Crippen molar-refractivity contribution in [3.63, 3.8) is 0 Å². The van der Waals surface area contributed by atoms with Crippen LogP contribution in [0.4, 0.5) is 0 Å². The number of halogens is 1. The van der Waals surface area contributed by atoms with E-state index in [-0.39, 0.29) is 0 Å². The maximum absolute atomic E-state index is 10.4. The van der Waals surface area contributed by atoms with Crippen LogP contribution in [0.2, 0.25) is 5.02 Å². The van der Waals surface area contributed by atoms with Crippen molar-refractivity contribution in [2.75, 3.05) is 39.3 Å². The zero-order valence-corrected chi connectivity index (χ0v) is 17.0. The van der Waals surface area contributed by atoms with Gasteiger partial charge in [0.15, 0.2) is 0 Å². The quantitative estimate of drug-likeness (QED) is 0.787. The van der Waals surface area contributed by atoms with E-state index in [0.29, 0.717) is 13.2 Å². The molecule has 2 aromatic rings. The molecule has 0 spiro atoms. The summed E-state index contributed by atoms with van der Waals surface area (Å²) in [6.45, 7) is 9.95. The fraction of sp³-hybridized carbons (Fsp3) is 0.455. The molecular weight excluding hydrogens is 360 g/mol. The molecule has 0 aliphatic carbocycles. The Morgan fingerprint density at radius 2 is 1.67 bits per heavy atom. The first kappa shape index (κ1) is 20.2. The highest BCUT2D eigenvalue weighted by molar-refractivity contribution is 6.30. The molecule has 5 heteroatoms. The van der Waals surface area contributed by atoms with Crippen LogP contribution in [0, 0.1) is 13.8 Å². The van der Waals surface area contributed by atoms with Crippen molar-refractivity contribution in [3.8, 4) is 5.75 Å². The number of β-amino-alcohol motifs (C(OH)–C–C–N with tert-alkyl or cyclic N) is 1. The van der Waals surface area contributed by atoms with Crippen LogP contribution in [0.25, 0.3) is 0 Å². The number of piperazine rings is 1. The first-order valence-electron chi connectivity index (χ1n) is 9.57. The Kier molecular flexibility index (Phi) is 7.13. The minimum Gasteiger partial charge on any atom is -0.491 e. The lowest BCUT2D eigenvalue weighted by molar-refractivity contribution is 0.0445. The largest absolute Gasteiger partial charge is 0.491 e. The first-order valence-corrected chi connectivity index (χ1v) is 9.94. The van der Waals surface area contributed by atoms with Crippen molar-refractivity contribution < 1.29 is 9.84 Å². The zero-order valence-electron chi connectivity index (χ0n) is 16.2. The highest BCUT2D eigenvalue weighted by atomic mass is 35.5. The summed E-state index contributed by atoms with van der Waals surface area (Å²) >= 11 is 5.95. The van der Waals surface area contributed by atoms with E-state index < -0.39 is 6.10 Å². The van der Waals surface area contributed by atoms with Crippen molar-refractivity contribution in [3.05, 3.63) is 64.2 Å². The third kappa shape index (κ3) is 6.22. The van der Waals surface area contributed by atoms with Gasteiger partial charge in [0.05, 0.1) is 0 Å². The number of aliphatic hydroxyl groups is 1. The summed E-state index contributed by atoms with van der Waals surface area (Å²) in [7, 11) is 0. The number of aryl methyl sites for hydroxylation is 2. The Labute approximate surface area is 167 Å². The zero-order chi connectivity index (χ0) is 19.2. The van der Waals surface area contributed by atoms with Gasteiger partial charge in [-0.2, -0.15) is 0 Å². The van der Waals surface area contributed by atoms with Crippen molar-refractivity contribution in [1.82, 2.24) is 9.80 Å². The van der Waals surface area contributed by atoms with Gasteiger partial charge in [-0.15, -0.1) is 0 Å². The summed E-state index contributed by atoms with van der Waals surface area (Å²) in [5, 5.41) is 11.1. The molecule has 0 amide bonds. The van der Waals surface area contributed by atoms with Gasteiger partial charge in [0.1, 0.15) is 18.5 Å². The van der Waals surface area contributed by atoms with E-state index in [1.165, 1.54) is 11.1 Å². The average molecular weight is 389 g/mol. The van der Waals surface area contributed by atoms with Crippen LogP contribution in [0.5, 0.6) is 5.75 Å². The second kappa shape index (κ2) is 9.56. The summed E-state index contributed by atoms with van der Waals surface area (Å²) in [6, 6.07) is 14.2. The number of hydrogen-bond donors (Lipinski definition) is 1. The lowest BCUT2D eigenvalue weighted by Crippen LogP contribution is -2.48. The highest BCUT2D eigenvalue weighted by Crippen LogP contribution is 2.19. The molecular formula is C22H29ClN2O2. The molecule has 1 aliphatic rings. The molecule has 3 rings (SSSR count). The SMILES string of the molecule is Cc1ccc(C)c(OC[C@H](O)CN2CCN(Cc3ccc(Cl)cc3)CC2)c1. The Morgan fingerprint density at radius 1 is 1.00 bits per heavy atom. The second-order valence-electron chi connectivity index (χ2n) is 7.44. The van der Waals surface area contributed by atoms with Crippen LogP contribution in [-0.2, 0) is 6.54 Å². The molecule has 0 bridgehead atoms. The molecule has 1 atom stereocenters. The summed E-state index contributed by atoms with van der Waals surface area (Å²) in [6.07, 6.45) is -0.479. The van der Waals surface area contributed by atoms with Crippen molar-refractivity contribution in [1.29, 1.82) is 0 Å². The molecule has 1 heterocycles. The lowest BCUT2D eigenvalue weighted by Gasteiger charge is -2.35. The van der Waals surface area contributed by atoms with E-state index in [1.54, 1.807) is 0 Å². The van der Waals surface area contributed by atoms with Crippen molar-refractivity contribution in [2.45, 2.75) is 26.5 Å². The number of hydrogen-bond acceptors (Lipinski definition) is 4.